The first-order valence-electron chi connectivity index (χ1n) is 5.43. The second-order valence-electron chi connectivity index (χ2n) is 4.04. The molecule has 6 nitrogen and oxygen atoms in total. The van der Waals surface area contributed by atoms with Crippen LogP contribution in [0.1, 0.15) is 5.56 Å². The van der Waals surface area contributed by atoms with E-state index < -0.39 is 15.9 Å². The summed E-state index contributed by atoms with van der Waals surface area (Å²) in [5, 5.41) is 0. The monoisotopic (exact) mass is 283 g/mol. The summed E-state index contributed by atoms with van der Waals surface area (Å²) < 4.78 is 34.5. The SMILES string of the molecule is COc1cccc2c1OCC(C(=O)NS(C)(=O)=O)=C2. The number of fused-ring (bicyclic) bond motifs is 1. The number of hydrogen-bond donors (Lipinski definition) is 1. The molecule has 0 spiro atoms. The normalized spacial score (nSPS) is 13.9. The topological polar surface area (TPSA) is 81.7 Å². The van der Waals surface area contributed by atoms with Gasteiger partial charge in [-0.3, -0.25) is 4.79 Å². The van der Waals surface area contributed by atoms with Crippen molar-refractivity contribution in [3.8, 4) is 11.5 Å². The van der Waals surface area contributed by atoms with Gasteiger partial charge >= 0.3 is 0 Å². The highest BCUT2D eigenvalue weighted by Gasteiger charge is 2.21. The lowest BCUT2D eigenvalue weighted by atomic mass is 10.1. The number of rotatable bonds is 3. The number of benzene rings is 1. The zero-order chi connectivity index (χ0) is 14.0. The fourth-order valence-electron chi connectivity index (χ4n) is 1.71. The van der Waals surface area contributed by atoms with Gasteiger partial charge in [-0.15, -0.1) is 0 Å². The Morgan fingerprint density at radius 1 is 1.42 bits per heavy atom. The van der Waals surface area contributed by atoms with Crippen LogP contribution >= 0.6 is 0 Å². The summed E-state index contributed by atoms with van der Waals surface area (Å²) in [5.41, 5.74) is 0.912. The summed E-state index contributed by atoms with van der Waals surface area (Å²) in [6.45, 7) is -0.00523. The Kier molecular flexibility index (Phi) is 3.48. The van der Waals surface area contributed by atoms with Crippen molar-refractivity contribution in [3.63, 3.8) is 0 Å². The van der Waals surface area contributed by atoms with E-state index in [-0.39, 0.29) is 12.2 Å². The summed E-state index contributed by atoms with van der Waals surface area (Å²) in [6.07, 6.45) is 2.51. The molecule has 0 saturated carbocycles. The third-order valence-electron chi connectivity index (χ3n) is 2.50. The van der Waals surface area contributed by atoms with Crippen molar-refractivity contribution in [1.82, 2.24) is 4.72 Å². The van der Waals surface area contributed by atoms with Crippen LogP contribution < -0.4 is 14.2 Å². The van der Waals surface area contributed by atoms with Gasteiger partial charge in [-0.2, -0.15) is 0 Å². The maximum Gasteiger partial charge on any atom is 0.264 e. The van der Waals surface area contributed by atoms with E-state index in [0.717, 1.165) is 6.26 Å². The van der Waals surface area contributed by atoms with E-state index in [2.05, 4.69) is 0 Å². The van der Waals surface area contributed by atoms with Gasteiger partial charge in [0.15, 0.2) is 11.5 Å². The average molecular weight is 283 g/mol. The fraction of sp³-hybridized carbons (Fsp3) is 0.250. The van der Waals surface area contributed by atoms with Gasteiger partial charge in [0.2, 0.25) is 10.0 Å². The lowest BCUT2D eigenvalue weighted by Crippen LogP contribution is -2.33. The minimum atomic E-state index is -3.58. The van der Waals surface area contributed by atoms with Crippen molar-refractivity contribution in [2.24, 2.45) is 0 Å². The van der Waals surface area contributed by atoms with E-state index in [4.69, 9.17) is 9.47 Å². The van der Waals surface area contributed by atoms with Crippen LogP contribution in [0.5, 0.6) is 11.5 Å². The van der Waals surface area contributed by atoms with Gasteiger partial charge < -0.3 is 9.47 Å². The van der Waals surface area contributed by atoms with Gasteiger partial charge in [-0.25, -0.2) is 13.1 Å². The van der Waals surface area contributed by atoms with Crippen LogP contribution in [0.25, 0.3) is 6.08 Å². The first-order chi connectivity index (χ1) is 8.90. The lowest BCUT2D eigenvalue weighted by Gasteiger charge is -2.19. The molecular weight excluding hydrogens is 270 g/mol. The predicted molar refractivity (Wildman–Crippen MR) is 69.5 cm³/mol. The van der Waals surface area contributed by atoms with Crippen LogP contribution in [-0.2, 0) is 14.8 Å². The number of amides is 1. The molecule has 1 aromatic rings. The molecule has 19 heavy (non-hydrogen) atoms. The number of carbonyl (C=O) groups excluding carboxylic acids is 1. The van der Waals surface area contributed by atoms with Crippen molar-refractivity contribution in [2.45, 2.75) is 0 Å². The highest BCUT2D eigenvalue weighted by molar-refractivity contribution is 7.89. The number of para-hydroxylation sites is 1. The molecule has 1 aromatic carbocycles. The molecule has 0 atom stereocenters. The molecule has 102 valence electrons. The van der Waals surface area contributed by atoms with Crippen molar-refractivity contribution in [2.75, 3.05) is 20.0 Å². The first kappa shape index (κ1) is 13.4. The van der Waals surface area contributed by atoms with Crippen molar-refractivity contribution in [1.29, 1.82) is 0 Å². The molecule has 0 aromatic heterocycles. The highest BCUT2D eigenvalue weighted by atomic mass is 32.2. The Morgan fingerprint density at radius 2 is 2.16 bits per heavy atom. The Morgan fingerprint density at radius 3 is 2.79 bits per heavy atom. The lowest BCUT2D eigenvalue weighted by molar-refractivity contribution is -0.116. The molecular formula is C12H13NO5S. The van der Waals surface area contributed by atoms with Gasteiger partial charge in [0, 0.05) is 5.56 Å². The van der Waals surface area contributed by atoms with Crippen LogP contribution in [-0.4, -0.2) is 34.3 Å². The largest absolute Gasteiger partial charge is 0.493 e. The zero-order valence-corrected chi connectivity index (χ0v) is 11.3. The van der Waals surface area contributed by atoms with Crippen LogP contribution in [0, 0.1) is 0 Å². The minimum Gasteiger partial charge on any atom is -0.493 e. The van der Waals surface area contributed by atoms with Gasteiger partial charge in [0.25, 0.3) is 5.91 Å². The summed E-state index contributed by atoms with van der Waals surface area (Å²) in [5.74, 6) is 0.424. The second kappa shape index (κ2) is 4.93. The summed E-state index contributed by atoms with van der Waals surface area (Å²) in [4.78, 5) is 11.7. The van der Waals surface area contributed by atoms with Crippen LogP contribution in [0.4, 0.5) is 0 Å². The van der Waals surface area contributed by atoms with E-state index in [0.29, 0.717) is 17.1 Å². The Bertz CT molecular complexity index is 648. The zero-order valence-electron chi connectivity index (χ0n) is 10.5. The van der Waals surface area contributed by atoms with Gasteiger partial charge in [0.05, 0.1) is 18.9 Å². The number of carbonyl (C=O) groups is 1. The third-order valence-corrected chi connectivity index (χ3v) is 3.06. The molecule has 0 radical (unpaired) electrons. The van der Waals surface area contributed by atoms with Gasteiger partial charge in [-0.05, 0) is 12.1 Å². The standard InChI is InChI=1S/C12H13NO5S/c1-17-10-5-3-4-8-6-9(7-18-11(8)10)12(14)13-19(2,15)16/h3-6H,7H2,1-2H3,(H,13,14). The first-order valence-corrected chi connectivity index (χ1v) is 7.32. The van der Waals surface area contributed by atoms with Gasteiger partial charge in [-0.1, -0.05) is 12.1 Å². The minimum absolute atomic E-state index is 0.00523. The maximum atomic E-state index is 11.7. The summed E-state index contributed by atoms with van der Waals surface area (Å²) in [7, 11) is -2.06. The Hall–Kier alpha value is -2.02. The molecule has 0 bridgehead atoms. The van der Waals surface area contributed by atoms with Crippen LogP contribution in [0.15, 0.2) is 23.8 Å². The van der Waals surface area contributed by atoms with Crippen LogP contribution in [0.2, 0.25) is 0 Å². The Labute approximate surface area is 111 Å². The Balaban J connectivity index is 2.32. The molecule has 0 saturated heterocycles. The molecule has 1 aliphatic heterocycles. The van der Waals surface area contributed by atoms with Crippen molar-refractivity contribution < 1.29 is 22.7 Å². The number of nitrogens with one attached hydrogen (secondary N) is 1. The molecule has 0 aliphatic carbocycles. The summed E-state index contributed by atoms with van der Waals surface area (Å²) in [6, 6.07) is 5.26. The number of methoxy groups -OCH3 is 1. The molecule has 0 unspecified atom stereocenters. The smallest absolute Gasteiger partial charge is 0.264 e. The number of sulfonamides is 1. The van der Waals surface area contributed by atoms with E-state index in [1.54, 1.807) is 24.3 Å². The van der Waals surface area contributed by atoms with E-state index in [9.17, 15) is 13.2 Å². The van der Waals surface area contributed by atoms with Crippen molar-refractivity contribution >= 4 is 22.0 Å². The quantitative estimate of drug-likeness (QED) is 0.876. The van der Waals surface area contributed by atoms with E-state index in [1.807, 2.05) is 4.72 Å². The van der Waals surface area contributed by atoms with Crippen molar-refractivity contribution in [3.05, 3.63) is 29.3 Å². The molecule has 2 rings (SSSR count). The molecule has 1 amide bonds. The molecule has 1 N–H and O–H groups in total. The summed E-state index contributed by atoms with van der Waals surface area (Å²) >= 11 is 0. The maximum absolute atomic E-state index is 11.7. The van der Waals surface area contributed by atoms with Crippen LogP contribution in [0.3, 0.4) is 0 Å². The predicted octanol–water partition coefficient (Wildman–Crippen LogP) is 0.547. The molecule has 0 fully saturated rings. The van der Waals surface area contributed by atoms with Gasteiger partial charge in [0.1, 0.15) is 6.61 Å². The number of ether oxygens (including phenoxy) is 2. The second-order valence-corrected chi connectivity index (χ2v) is 5.79. The average Bonchev–Trinajstić information content (AvgIpc) is 2.35. The van der Waals surface area contributed by atoms with E-state index in [1.165, 1.54) is 7.11 Å². The highest BCUT2D eigenvalue weighted by Crippen LogP contribution is 2.35. The molecule has 1 heterocycles. The van der Waals surface area contributed by atoms with E-state index >= 15 is 0 Å². The molecule has 7 heteroatoms. The fourth-order valence-corrected chi connectivity index (χ4v) is 2.17. The molecule has 1 aliphatic rings. The third kappa shape index (κ3) is 3.05. The number of hydrogen-bond acceptors (Lipinski definition) is 5.